The summed E-state index contributed by atoms with van der Waals surface area (Å²) in [5.74, 6) is 0.710. The van der Waals surface area contributed by atoms with E-state index in [0.29, 0.717) is 12.4 Å². The van der Waals surface area contributed by atoms with Gasteiger partial charge in [0.15, 0.2) is 0 Å². The van der Waals surface area contributed by atoms with E-state index in [-0.39, 0.29) is 5.91 Å². The van der Waals surface area contributed by atoms with Gasteiger partial charge in [0.2, 0.25) is 5.91 Å². The number of nitrogens with zero attached hydrogens (tertiary/aromatic N) is 3. The first-order valence-corrected chi connectivity index (χ1v) is 8.97. The monoisotopic (exact) mass is 331 g/mol. The van der Waals surface area contributed by atoms with Gasteiger partial charge >= 0.3 is 0 Å². The van der Waals surface area contributed by atoms with Crippen molar-refractivity contribution in [1.29, 1.82) is 0 Å². The standard InChI is InChI=1S/C15H26ClN3OS/c1-4-19(5-2)15(20)11-18(3)9-7-6-8-14-17-13(10-16)12-21-14/h12H,4-11H2,1-3H3. The quantitative estimate of drug-likeness (QED) is 0.488. The number of aromatic nitrogens is 1. The highest BCUT2D eigenvalue weighted by atomic mass is 35.5. The predicted molar refractivity (Wildman–Crippen MR) is 90.0 cm³/mol. The largest absolute Gasteiger partial charge is 0.342 e. The van der Waals surface area contributed by atoms with Gasteiger partial charge in [0, 0.05) is 18.5 Å². The molecule has 0 radical (unpaired) electrons. The zero-order valence-corrected chi connectivity index (χ0v) is 14.8. The third-order valence-electron chi connectivity index (χ3n) is 3.44. The van der Waals surface area contributed by atoms with Crippen molar-refractivity contribution in [2.45, 2.75) is 39.0 Å². The van der Waals surface area contributed by atoms with Gasteiger partial charge < -0.3 is 4.90 Å². The van der Waals surface area contributed by atoms with Gasteiger partial charge in [-0.2, -0.15) is 0 Å². The van der Waals surface area contributed by atoms with Crippen LogP contribution in [0.2, 0.25) is 0 Å². The first-order valence-electron chi connectivity index (χ1n) is 7.56. The minimum Gasteiger partial charge on any atom is -0.342 e. The summed E-state index contributed by atoms with van der Waals surface area (Å²) in [4.78, 5) is 20.4. The fourth-order valence-electron chi connectivity index (χ4n) is 2.17. The van der Waals surface area contributed by atoms with Crippen LogP contribution in [-0.2, 0) is 17.1 Å². The number of thiazole rings is 1. The highest BCUT2D eigenvalue weighted by Gasteiger charge is 2.11. The third-order valence-corrected chi connectivity index (χ3v) is 4.67. The number of aryl methyl sites for hydroxylation is 1. The normalized spacial score (nSPS) is 11.1. The molecule has 0 spiro atoms. The zero-order valence-electron chi connectivity index (χ0n) is 13.3. The molecule has 6 heteroatoms. The first-order chi connectivity index (χ1) is 10.1. The molecule has 1 aromatic heterocycles. The summed E-state index contributed by atoms with van der Waals surface area (Å²) in [6.07, 6.45) is 3.18. The third kappa shape index (κ3) is 6.76. The lowest BCUT2D eigenvalue weighted by Crippen LogP contribution is -2.39. The molecule has 1 heterocycles. The number of hydrogen-bond donors (Lipinski definition) is 0. The average Bonchev–Trinajstić information content (AvgIpc) is 2.93. The highest BCUT2D eigenvalue weighted by molar-refractivity contribution is 7.09. The second-order valence-corrected chi connectivity index (χ2v) is 6.34. The number of amides is 1. The number of hydrogen-bond acceptors (Lipinski definition) is 4. The SMILES string of the molecule is CCN(CC)C(=O)CN(C)CCCCc1nc(CCl)cs1. The van der Waals surface area contributed by atoms with Crippen molar-refractivity contribution in [1.82, 2.24) is 14.8 Å². The van der Waals surface area contributed by atoms with Crippen molar-refractivity contribution < 1.29 is 4.79 Å². The Balaban J connectivity index is 2.18. The van der Waals surface area contributed by atoms with Crippen molar-refractivity contribution in [3.8, 4) is 0 Å². The Bertz CT molecular complexity index is 421. The minimum absolute atomic E-state index is 0.217. The topological polar surface area (TPSA) is 36.4 Å². The van der Waals surface area contributed by atoms with E-state index in [4.69, 9.17) is 11.6 Å². The smallest absolute Gasteiger partial charge is 0.236 e. The van der Waals surface area contributed by atoms with Crippen LogP contribution >= 0.6 is 22.9 Å². The van der Waals surface area contributed by atoms with Crippen molar-refractivity contribution in [3.63, 3.8) is 0 Å². The maximum Gasteiger partial charge on any atom is 0.236 e. The fourth-order valence-corrected chi connectivity index (χ4v) is 3.24. The van der Waals surface area contributed by atoms with E-state index in [1.165, 1.54) is 0 Å². The van der Waals surface area contributed by atoms with Gasteiger partial charge in [-0.05, 0) is 46.7 Å². The number of carbonyl (C=O) groups excluding carboxylic acids is 1. The van der Waals surface area contributed by atoms with E-state index < -0.39 is 0 Å². The molecule has 0 aliphatic heterocycles. The Morgan fingerprint density at radius 3 is 2.62 bits per heavy atom. The Morgan fingerprint density at radius 2 is 2.05 bits per heavy atom. The highest BCUT2D eigenvalue weighted by Crippen LogP contribution is 2.14. The molecule has 1 rings (SSSR count). The molecule has 4 nitrogen and oxygen atoms in total. The molecule has 0 saturated carbocycles. The van der Waals surface area contributed by atoms with Gasteiger partial charge in [0.05, 0.1) is 23.1 Å². The molecule has 0 saturated heterocycles. The van der Waals surface area contributed by atoms with Crippen molar-refractivity contribution in [3.05, 3.63) is 16.1 Å². The van der Waals surface area contributed by atoms with E-state index in [1.54, 1.807) is 11.3 Å². The van der Waals surface area contributed by atoms with Crippen LogP contribution in [0, 0.1) is 0 Å². The first kappa shape index (κ1) is 18.4. The summed E-state index contributed by atoms with van der Waals surface area (Å²) >= 11 is 7.43. The van der Waals surface area contributed by atoms with E-state index in [1.807, 2.05) is 31.2 Å². The van der Waals surface area contributed by atoms with Crippen LogP contribution in [0.5, 0.6) is 0 Å². The Labute approximate surface area is 137 Å². The zero-order chi connectivity index (χ0) is 15.7. The summed E-state index contributed by atoms with van der Waals surface area (Å²) < 4.78 is 0. The maximum atomic E-state index is 12.0. The second kappa shape index (κ2) is 10.1. The predicted octanol–water partition coefficient (Wildman–Crippen LogP) is 3.00. The summed E-state index contributed by atoms with van der Waals surface area (Å²) in [5, 5.41) is 3.18. The molecule has 0 aliphatic carbocycles. The van der Waals surface area contributed by atoms with E-state index in [9.17, 15) is 4.79 Å². The molecule has 0 aliphatic rings. The summed E-state index contributed by atoms with van der Waals surface area (Å²) in [6.45, 7) is 7.07. The molecule has 0 fully saturated rings. The van der Waals surface area contributed by atoms with Crippen molar-refractivity contribution >= 4 is 28.8 Å². The molecule has 0 aromatic carbocycles. The number of halogens is 1. The van der Waals surface area contributed by atoms with Crippen LogP contribution in [0.3, 0.4) is 0 Å². The number of unbranched alkanes of at least 4 members (excludes halogenated alkanes) is 1. The van der Waals surface area contributed by atoms with Crippen LogP contribution in [0.1, 0.15) is 37.4 Å². The van der Waals surface area contributed by atoms with E-state index in [2.05, 4.69) is 9.88 Å². The van der Waals surface area contributed by atoms with Gasteiger partial charge in [-0.1, -0.05) is 0 Å². The number of rotatable bonds is 10. The van der Waals surface area contributed by atoms with Crippen molar-refractivity contribution in [2.24, 2.45) is 0 Å². The van der Waals surface area contributed by atoms with Gasteiger partial charge in [-0.25, -0.2) is 4.98 Å². The van der Waals surface area contributed by atoms with E-state index >= 15 is 0 Å². The van der Waals surface area contributed by atoms with Crippen LogP contribution in [0.25, 0.3) is 0 Å². The molecule has 0 N–H and O–H groups in total. The van der Waals surface area contributed by atoms with Crippen molar-refractivity contribution in [2.75, 3.05) is 33.2 Å². The molecule has 120 valence electrons. The Morgan fingerprint density at radius 1 is 1.33 bits per heavy atom. The summed E-state index contributed by atoms with van der Waals surface area (Å²) in [5.41, 5.74) is 0.971. The van der Waals surface area contributed by atoms with Gasteiger partial charge in [0.1, 0.15) is 0 Å². The maximum absolute atomic E-state index is 12.0. The molecule has 21 heavy (non-hydrogen) atoms. The molecular weight excluding hydrogens is 306 g/mol. The van der Waals surface area contributed by atoms with Crippen LogP contribution in [0.15, 0.2) is 5.38 Å². The minimum atomic E-state index is 0.217. The molecule has 1 amide bonds. The summed E-state index contributed by atoms with van der Waals surface area (Å²) in [6, 6.07) is 0. The number of carbonyl (C=O) groups is 1. The van der Waals surface area contributed by atoms with Gasteiger partial charge in [-0.15, -0.1) is 22.9 Å². The van der Waals surface area contributed by atoms with Crippen LogP contribution in [-0.4, -0.2) is 53.9 Å². The molecule has 0 unspecified atom stereocenters. The second-order valence-electron chi connectivity index (χ2n) is 5.13. The Hall–Kier alpha value is -0.650. The average molecular weight is 332 g/mol. The lowest BCUT2D eigenvalue weighted by Gasteiger charge is -2.22. The van der Waals surface area contributed by atoms with Crippen LogP contribution in [0.4, 0.5) is 0 Å². The molecule has 1 aromatic rings. The molecule has 0 bridgehead atoms. The van der Waals surface area contributed by atoms with E-state index in [0.717, 1.165) is 49.6 Å². The summed E-state index contributed by atoms with van der Waals surface area (Å²) in [7, 11) is 2.01. The number of alkyl halides is 1. The molecular formula is C15H26ClN3OS. The van der Waals surface area contributed by atoms with Gasteiger partial charge in [-0.3, -0.25) is 9.69 Å². The fraction of sp³-hybridized carbons (Fsp3) is 0.733. The molecule has 0 atom stereocenters. The lowest BCUT2D eigenvalue weighted by atomic mass is 10.2. The Kier molecular flexibility index (Phi) is 8.88. The lowest BCUT2D eigenvalue weighted by molar-refractivity contribution is -0.131. The van der Waals surface area contributed by atoms with Crippen LogP contribution < -0.4 is 0 Å². The van der Waals surface area contributed by atoms with Gasteiger partial charge in [0.25, 0.3) is 0 Å². The number of likely N-dealkylation sites (N-methyl/N-ethyl adjacent to an activating group) is 2.